The van der Waals surface area contributed by atoms with Gasteiger partial charge in [0.1, 0.15) is 0 Å². The second-order valence-corrected chi connectivity index (χ2v) is 27.3. The average molecular weight is 1020 g/mol. The third-order valence-electron chi connectivity index (χ3n) is 16.4. The van der Waals surface area contributed by atoms with Crippen LogP contribution in [0.4, 0.5) is 51.2 Å². The topological polar surface area (TPSA) is 9.72 Å². The Bertz CT molecular complexity index is 3550. The van der Waals surface area contributed by atoms with E-state index in [-0.39, 0.29) is 33.8 Å². The normalized spacial score (nSPS) is 13.5. The zero-order valence-electron chi connectivity index (χ0n) is 49.0. The second-order valence-electron chi connectivity index (χ2n) is 27.3. The highest BCUT2D eigenvalue weighted by Crippen LogP contribution is 2.50. The van der Waals surface area contributed by atoms with Gasteiger partial charge < -0.3 is 14.7 Å². The minimum Gasteiger partial charge on any atom is -0.311 e. The molecule has 2 aliphatic heterocycles. The fourth-order valence-electron chi connectivity index (χ4n) is 11.7. The minimum absolute atomic E-state index is 0.00160. The van der Waals surface area contributed by atoms with E-state index < -0.39 is 0 Å². The van der Waals surface area contributed by atoms with Crippen LogP contribution >= 0.6 is 0 Å². The summed E-state index contributed by atoms with van der Waals surface area (Å²) < 4.78 is 0. The first-order valence-electron chi connectivity index (χ1n) is 28.3. The molecular weight excluding hydrogens is 942 g/mol. The van der Waals surface area contributed by atoms with Crippen LogP contribution in [0.2, 0.25) is 0 Å². The van der Waals surface area contributed by atoms with Crippen LogP contribution in [0.25, 0.3) is 22.3 Å². The van der Waals surface area contributed by atoms with E-state index in [0.717, 1.165) is 34.1 Å². The zero-order valence-corrected chi connectivity index (χ0v) is 49.0. The number of para-hydroxylation sites is 2. The summed E-state index contributed by atoms with van der Waals surface area (Å²) in [6.45, 7) is 34.7. The van der Waals surface area contributed by atoms with E-state index in [1.807, 2.05) is 0 Å². The highest BCUT2D eigenvalue weighted by molar-refractivity contribution is 7.00. The molecule has 11 rings (SSSR count). The number of rotatable bonds is 7. The number of nitrogens with zero attached hydrogens (tertiary/aromatic N) is 3. The molecule has 0 aliphatic carbocycles. The van der Waals surface area contributed by atoms with Crippen LogP contribution in [-0.2, 0) is 27.1 Å². The van der Waals surface area contributed by atoms with Crippen LogP contribution in [0.3, 0.4) is 0 Å². The molecule has 0 fully saturated rings. The van der Waals surface area contributed by atoms with Gasteiger partial charge in [0.25, 0.3) is 6.71 Å². The minimum atomic E-state index is -0.0875. The third-order valence-corrected chi connectivity index (χ3v) is 16.4. The van der Waals surface area contributed by atoms with Crippen molar-refractivity contribution in [1.82, 2.24) is 0 Å². The van der Waals surface area contributed by atoms with E-state index in [1.54, 1.807) is 0 Å². The summed E-state index contributed by atoms with van der Waals surface area (Å²) in [7, 11) is 0. The number of hydrogen-bond donors (Lipinski definition) is 0. The molecule has 3 nitrogen and oxygen atoms in total. The highest BCUT2D eigenvalue weighted by atomic mass is 15.2. The Morgan fingerprint density at radius 2 is 0.628 bits per heavy atom. The van der Waals surface area contributed by atoms with E-state index in [0.29, 0.717) is 0 Å². The quantitative estimate of drug-likeness (QED) is 0.147. The van der Waals surface area contributed by atoms with Crippen molar-refractivity contribution in [3.63, 3.8) is 0 Å². The number of anilines is 9. The standard InChI is InChI=1S/C74H78BN3/c1-70(2,3)53-30-26-49(27-31-53)51-42-52(50-28-32-54(33-29-50)71(4,5)6)44-61(43-51)78-66-41-37-57(74(13,14)15)46-64(66)75-63-45-56(73(10,11)12)36-40-65(63)77(60-38-34-55(35-39-60)72(7,8)9)67-47-62(48-68(78)69(67)75)76(58-22-18-16-19-23-58)59-24-20-17-21-25-59/h16-48H,1-15H3. The van der Waals surface area contributed by atoms with Crippen molar-refractivity contribution < 1.29 is 0 Å². The van der Waals surface area contributed by atoms with Crippen LogP contribution in [-0.4, -0.2) is 6.71 Å². The Morgan fingerprint density at radius 1 is 0.282 bits per heavy atom. The molecule has 0 N–H and O–H groups in total. The molecule has 2 heterocycles. The molecular formula is C74H78BN3. The van der Waals surface area contributed by atoms with Gasteiger partial charge in [-0.2, -0.15) is 0 Å². The van der Waals surface area contributed by atoms with Gasteiger partial charge in [0, 0.05) is 45.5 Å². The van der Waals surface area contributed by atoms with Crippen molar-refractivity contribution in [2.45, 2.75) is 131 Å². The molecule has 9 aromatic carbocycles. The number of hydrogen-bond acceptors (Lipinski definition) is 3. The third kappa shape index (κ3) is 9.78. The molecule has 4 heteroatoms. The highest BCUT2D eigenvalue weighted by Gasteiger charge is 2.45. The van der Waals surface area contributed by atoms with E-state index in [4.69, 9.17) is 0 Å². The van der Waals surface area contributed by atoms with Gasteiger partial charge in [0.05, 0.1) is 5.69 Å². The predicted molar refractivity (Wildman–Crippen MR) is 340 cm³/mol. The molecule has 78 heavy (non-hydrogen) atoms. The summed E-state index contributed by atoms with van der Waals surface area (Å²) in [6, 6.07) is 76.8. The van der Waals surface area contributed by atoms with Gasteiger partial charge in [0.15, 0.2) is 0 Å². The molecule has 0 aromatic heterocycles. The van der Waals surface area contributed by atoms with Crippen LogP contribution in [0.5, 0.6) is 0 Å². The fraction of sp³-hybridized carbons (Fsp3) is 0.270. The van der Waals surface area contributed by atoms with Gasteiger partial charge in [-0.25, -0.2) is 0 Å². The van der Waals surface area contributed by atoms with Gasteiger partial charge >= 0.3 is 0 Å². The van der Waals surface area contributed by atoms with E-state index in [1.165, 1.54) is 83.5 Å². The van der Waals surface area contributed by atoms with Crippen molar-refractivity contribution in [1.29, 1.82) is 0 Å². The molecule has 0 amide bonds. The van der Waals surface area contributed by atoms with Crippen molar-refractivity contribution in [2.24, 2.45) is 0 Å². The summed E-state index contributed by atoms with van der Waals surface area (Å²) in [5, 5.41) is 0. The smallest absolute Gasteiger partial charge is 0.252 e. The zero-order chi connectivity index (χ0) is 55.3. The van der Waals surface area contributed by atoms with Gasteiger partial charge in [-0.1, -0.05) is 225 Å². The lowest BCUT2D eigenvalue weighted by Gasteiger charge is -2.45. The summed E-state index contributed by atoms with van der Waals surface area (Å²) in [5.74, 6) is 0. The van der Waals surface area contributed by atoms with E-state index in [9.17, 15) is 0 Å². The maximum atomic E-state index is 2.62. The average Bonchev–Trinajstić information content (AvgIpc) is 2.96. The molecule has 0 spiro atoms. The molecule has 0 saturated carbocycles. The molecule has 0 unspecified atom stereocenters. The van der Waals surface area contributed by atoms with Crippen LogP contribution in [0.1, 0.15) is 132 Å². The predicted octanol–water partition coefficient (Wildman–Crippen LogP) is 19.1. The van der Waals surface area contributed by atoms with E-state index in [2.05, 4.69) is 319 Å². The molecule has 0 atom stereocenters. The Labute approximate surface area is 467 Å². The SMILES string of the molecule is CC(C)(C)c1ccc(-c2cc(-c3ccc(C(C)(C)C)cc3)cc(N3c4ccc(C(C)(C)C)cc4B4c5cc(C(C)(C)C)ccc5N(c5ccc(C(C)(C)C)cc5)c5cc(N(c6ccccc6)c6ccccc6)cc3c54)c2)cc1. The lowest BCUT2D eigenvalue weighted by Crippen LogP contribution is -2.61. The first kappa shape index (κ1) is 52.5. The van der Waals surface area contributed by atoms with Gasteiger partial charge in [-0.15, -0.1) is 0 Å². The van der Waals surface area contributed by atoms with Gasteiger partial charge in [-0.3, -0.25) is 0 Å². The Kier molecular flexibility index (Phi) is 12.9. The van der Waals surface area contributed by atoms with Crippen molar-refractivity contribution in [2.75, 3.05) is 14.7 Å². The molecule has 0 saturated heterocycles. The first-order valence-corrected chi connectivity index (χ1v) is 28.3. The van der Waals surface area contributed by atoms with Crippen molar-refractivity contribution in [3.05, 3.63) is 228 Å². The van der Waals surface area contributed by atoms with E-state index >= 15 is 0 Å². The lowest BCUT2D eigenvalue weighted by molar-refractivity contribution is 0.590. The second kappa shape index (κ2) is 19.1. The van der Waals surface area contributed by atoms with Crippen LogP contribution < -0.4 is 31.1 Å². The Balaban J connectivity index is 1.28. The lowest BCUT2D eigenvalue weighted by atomic mass is 9.33. The molecule has 9 aromatic rings. The molecule has 392 valence electrons. The summed E-state index contributed by atoms with van der Waals surface area (Å²) >= 11 is 0. The maximum Gasteiger partial charge on any atom is 0.252 e. The number of fused-ring (bicyclic) bond motifs is 4. The first-order chi connectivity index (χ1) is 36.8. The monoisotopic (exact) mass is 1020 g/mol. The van der Waals surface area contributed by atoms with Gasteiger partial charge in [-0.05, 0) is 172 Å². The summed E-state index contributed by atoms with van der Waals surface area (Å²) in [4.78, 5) is 7.64. The molecule has 0 bridgehead atoms. The van der Waals surface area contributed by atoms with Crippen molar-refractivity contribution in [3.8, 4) is 22.3 Å². The largest absolute Gasteiger partial charge is 0.311 e. The van der Waals surface area contributed by atoms with Crippen LogP contribution in [0, 0.1) is 0 Å². The van der Waals surface area contributed by atoms with Crippen molar-refractivity contribution >= 4 is 74.3 Å². The molecule has 0 radical (unpaired) electrons. The Morgan fingerprint density at radius 3 is 1.00 bits per heavy atom. The Hall–Kier alpha value is -7.56. The summed E-state index contributed by atoms with van der Waals surface area (Å²) in [6.07, 6.45) is 0. The maximum absolute atomic E-state index is 2.62. The summed E-state index contributed by atoms with van der Waals surface area (Å²) in [5.41, 5.74) is 25.5. The fourth-order valence-corrected chi connectivity index (χ4v) is 11.7. The molecule has 2 aliphatic rings. The van der Waals surface area contributed by atoms with Gasteiger partial charge in [0.2, 0.25) is 0 Å². The van der Waals surface area contributed by atoms with Crippen LogP contribution in [0.15, 0.2) is 200 Å². The number of benzene rings is 9.